The number of carbonyl (C=O) groups excluding carboxylic acids is 1. The second-order valence-electron chi connectivity index (χ2n) is 7.37. The number of aromatic amines is 1. The van der Waals surface area contributed by atoms with Gasteiger partial charge in [0.1, 0.15) is 11.6 Å². The maximum Gasteiger partial charge on any atom is 0.305 e. The molecule has 0 spiro atoms. The lowest BCUT2D eigenvalue weighted by Gasteiger charge is -2.16. The molecule has 0 bridgehead atoms. The summed E-state index contributed by atoms with van der Waals surface area (Å²) in [6, 6.07) is 7.23. The van der Waals surface area contributed by atoms with Gasteiger partial charge >= 0.3 is 5.97 Å². The summed E-state index contributed by atoms with van der Waals surface area (Å²) in [6.45, 7) is 4.68. The molecule has 0 saturated heterocycles. The van der Waals surface area contributed by atoms with Crippen LogP contribution in [0.5, 0.6) is 0 Å². The first-order chi connectivity index (χ1) is 14.7. The van der Waals surface area contributed by atoms with Crippen molar-refractivity contribution >= 4 is 28.9 Å². The molecule has 1 heterocycles. The Hall–Kier alpha value is -3.48. The summed E-state index contributed by atoms with van der Waals surface area (Å²) in [5, 5.41) is 12.1. The summed E-state index contributed by atoms with van der Waals surface area (Å²) in [4.78, 5) is 26.0. The van der Waals surface area contributed by atoms with Crippen molar-refractivity contribution in [2.45, 2.75) is 33.6 Å². The molecule has 3 rings (SSSR count). The van der Waals surface area contributed by atoms with E-state index in [1.807, 2.05) is 12.1 Å². The number of hydrogen-bond acceptors (Lipinski definition) is 2. The van der Waals surface area contributed by atoms with Crippen LogP contribution in [0.3, 0.4) is 0 Å². The van der Waals surface area contributed by atoms with Crippen LogP contribution in [0.15, 0.2) is 36.0 Å². The lowest BCUT2D eigenvalue weighted by Crippen LogP contribution is -2.27. The average Bonchev–Trinajstić information content (AvgIpc) is 3.20. The van der Waals surface area contributed by atoms with Gasteiger partial charge in [-0.1, -0.05) is 13.0 Å². The summed E-state index contributed by atoms with van der Waals surface area (Å²) < 4.78 is 30.7. The van der Waals surface area contributed by atoms with E-state index in [0.29, 0.717) is 5.56 Å². The third kappa shape index (κ3) is 4.50. The van der Waals surface area contributed by atoms with Gasteiger partial charge in [0.05, 0.1) is 6.42 Å². The van der Waals surface area contributed by atoms with Gasteiger partial charge in [-0.05, 0) is 66.6 Å². The Morgan fingerprint density at radius 3 is 2.55 bits per heavy atom. The van der Waals surface area contributed by atoms with Gasteiger partial charge in [-0.25, -0.2) is 8.78 Å². The fraction of sp³-hybridized carbons (Fsp3) is 0.250. The molecule has 0 saturated carbocycles. The first kappa shape index (κ1) is 22.2. The quantitative estimate of drug-likeness (QED) is 0.459. The van der Waals surface area contributed by atoms with Gasteiger partial charge in [-0.3, -0.25) is 9.59 Å². The number of carboxylic acid groups (broad SMARTS) is 1. The number of carboxylic acids is 1. The number of aromatic nitrogens is 1. The molecule has 0 aliphatic rings. The zero-order valence-electron chi connectivity index (χ0n) is 17.6. The van der Waals surface area contributed by atoms with E-state index in [2.05, 4.69) is 10.3 Å². The Bertz CT molecular complexity index is 1170. The van der Waals surface area contributed by atoms with E-state index in [-0.39, 0.29) is 47.2 Å². The van der Waals surface area contributed by atoms with Crippen molar-refractivity contribution in [3.05, 3.63) is 64.4 Å². The van der Waals surface area contributed by atoms with Crippen molar-refractivity contribution in [1.82, 2.24) is 10.3 Å². The zero-order chi connectivity index (χ0) is 22.7. The van der Waals surface area contributed by atoms with E-state index in [1.165, 1.54) is 19.9 Å². The third-order valence-electron chi connectivity index (χ3n) is 5.35. The van der Waals surface area contributed by atoms with E-state index in [0.717, 1.165) is 10.9 Å². The Labute approximate surface area is 178 Å². The van der Waals surface area contributed by atoms with Crippen LogP contribution in [0.2, 0.25) is 0 Å². The number of nitrogens with one attached hydrogen (secondary N) is 2. The van der Waals surface area contributed by atoms with E-state index in [1.54, 1.807) is 25.3 Å². The molecule has 2 aromatic carbocycles. The van der Waals surface area contributed by atoms with Gasteiger partial charge in [0.2, 0.25) is 5.91 Å². The van der Waals surface area contributed by atoms with Crippen molar-refractivity contribution < 1.29 is 23.5 Å². The first-order valence-electron chi connectivity index (χ1n) is 10.0. The molecule has 1 aromatic heterocycles. The number of amides is 1. The summed E-state index contributed by atoms with van der Waals surface area (Å²) >= 11 is 0. The number of hydrogen-bond donors (Lipinski definition) is 3. The van der Waals surface area contributed by atoms with Crippen molar-refractivity contribution in [3.63, 3.8) is 0 Å². The van der Waals surface area contributed by atoms with E-state index >= 15 is 8.78 Å². The molecule has 0 fully saturated rings. The molecule has 0 aliphatic carbocycles. The molecule has 0 atom stereocenters. The van der Waals surface area contributed by atoms with Gasteiger partial charge < -0.3 is 15.4 Å². The highest BCUT2D eigenvalue weighted by Gasteiger charge is 2.21. The molecular weight excluding hydrogens is 402 g/mol. The SMILES string of the molecule is CCC(=Cc1c(C)c(F)c(-c2ccc3[nH]ccc3c2)c(C)c1F)C(=O)NCCC(=O)O. The van der Waals surface area contributed by atoms with Crippen LogP contribution in [0.4, 0.5) is 8.78 Å². The summed E-state index contributed by atoms with van der Waals surface area (Å²) in [5.41, 5.74) is 2.20. The van der Waals surface area contributed by atoms with E-state index < -0.39 is 23.5 Å². The Balaban J connectivity index is 2.03. The van der Waals surface area contributed by atoms with Crippen LogP contribution in [0.1, 0.15) is 36.5 Å². The predicted octanol–water partition coefficient (Wildman–Crippen LogP) is 5.11. The topological polar surface area (TPSA) is 82.2 Å². The molecule has 3 N–H and O–H groups in total. The van der Waals surface area contributed by atoms with Crippen molar-refractivity contribution in [3.8, 4) is 11.1 Å². The third-order valence-corrected chi connectivity index (χ3v) is 5.35. The Morgan fingerprint density at radius 2 is 1.87 bits per heavy atom. The van der Waals surface area contributed by atoms with Gasteiger partial charge in [0.25, 0.3) is 0 Å². The van der Waals surface area contributed by atoms with E-state index in [9.17, 15) is 9.59 Å². The first-order valence-corrected chi connectivity index (χ1v) is 10.0. The second-order valence-corrected chi connectivity index (χ2v) is 7.37. The van der Waals surface area contributed by atoms with Crippen LogP contribution in [-0.4, -0.2) is 28.5 Å². The number of halogens is 2. The van der Waals surface area contributed by atoms with Crippen LogP contribution in [0, 0.1) is 25.5 Å². The minimum Gasteiger partial charge on any atom is -0.481 e. The maximum atomic E-state index is 15.4. The second kappa shape index (κ2) is 9.12. The zero-order valence-corrected chi connectivity index (χ0v) is 17.6. The number of carbonyl (C=O) groups is 2. The summed E-state index contributed by atoms with van der Waals surface area (Å²) in [6.07, 6.45) is 3.19. The van der Waals surface area contributed by atoms with Crippen LogP contribution in [-0.2, 0) is 9.59 Å². The minimum absolute atomic E-state index is 0.0201. The highest BCUT2D eigenvalue weighted by molar-refractivity contribution is 5.98. The summed E-state index contributed by atoms with van der Waals surface area (Å²) in [5.74, 6) is -2.66. The molecule has 0 radical (unpaired) electrons. The minimum atomic E-state index is -1.03. The number of aliphatic carboxylic acids is 1. The smallest absolute Gasteiger partial charge is 0.305 e. The molecule has 0 unspecified atom stereocenters. The van der Waals surface area contributed by atoms with Crippen LogP contribution < -0.4 is 5.32 Å². The molecule has 3 aromatic rings. The normalized spacial score (nSPS) is 11.7. The van der Waals surface area contributed by atoms with Gasteiger partial charge in [0, 0.05) is 35.0 Å². The molecule has 1 amide bonds. The van der Waals surface area contributed by atoms with Crippen LogP contribution >= 0.6 is 0 Å². The maximum absolute atomic E-state index is 15.4. The van der Waals surface area contributed by atoms with Crippen molar-refractivity contribution in [2.24, 2.45) is 0 Å². The fourth-order valence-corrected chi connectivity index (χ4v) is 3.57. The largest absolute Gasteiger partial charge is 0.481 e. The molecule has 0 aliphatic heterocycles. The number of fused-ring (bicyclic) bond motifs is 1. The summed E-state index contributed by atoms with van der Waals surface area (Å²) in [7, 11) is 0. The predicted molar refractivity (Wildman–Crippen MR) is 117 cm³/mol. The van der Waals surface area contributed by atoms with Gasteiger partial charge in [0.15, 0.2) is 0 Å². The fourth-order valence-electron chi connectivity index (χ4n) is 3.57. The molecule has 162 valence electrons. The monoisotopic (exact) mass is 426 g/mol. The molecular formula is C24H24F2N2O3. The lowest BCUT2D eigenvalue weighted by molar-refractivity contribution is -0.136. The lowest BCUT2D eigenvalue weighted by atomic mass is 9.91. The molecule has 7 heteroatoms. The van der Waals surface area contributed by atoms with Gasteiger partial charge in [-0.15, -0.1) is 0 Å². The standard InChI is InChI=1S/C24H24F2N2O3/c1-4-15(24(31)28-10-8-20(29)30)12-18-13(2)23(26)21(14(3)22(18)25)17-5-6-19-16(11-17)7-9-27-19/h5-7,9,11-12,27H,4,8,10H2,1-3H3,(H,28,31)(H,29,30). The molecule has 31 heavy (non-hydrogen) atoms. The highest BCUT2D eigenvalue weighted by Crippen LogP contribution is 2.35. The molecule has 5 nitrogen and oxygen atoms in total. The number of H-pyrrole nitrogens is 1. The Morgan fingerprint density at radius 1 is 1.13 bits per heavy atom. The van der Waals surface area contributed by atoms with Crippen molar-refractivity contribution in [1.29, 1.82) is 0 Å². The average molecular weight is 426 g/mol. The number of benzene rings is 2. The van der Waals surface area contributed by atoms with E-state index in [4.69, 9.17) is 5.11 Å². The number of rotatable bonds is 7. The van der Waals surface area contributed by atoms with Crippen LogP contribution in [0.25, 0.3) is 28.1 Å². The van der Waals surface area contributed by atoms with Crippen molar-refractivity contribution in [2.75, 3.05) is 6.54 Å². The van der Waals surface area contributed by atoms with Gasteiger partial charge in [-0.2, -0.15) is 0 Å². The highest BCUT2D eigenvalue weighted by atomic mass is 19.1. The Kier molecular flexibility index (Phi) is 6.53.